The number of ether oxygens (including phenoxy) is 1. The maximum absolute atomic E-state index is 12.6. The average Bonchev–Trinajstić information content (AvgIpc) is 3.11. The van der Waals surface area contributed by atoms with Crippen LogP contribution in [-0.4, -0.2) is 28.0 Å². The standard InChI is InChI=1S/C18H18N4O2S/c1-3-13-15(25-18(22-13)16-19-9-6-10-20-16)17(23)21-11-12-7-4-5-8-14(12)24-2/h4-10H,3,11H2,1-2H3,(H,21,23). The first-order chi connectivity index (χ1) is 12.2. The maximum Gasteiger partial charge on any atom is 0.263 e. The Balaban J connectivity index is 1.79. The summed E-state index contributed by atoms with van der Waals surface area (Å²) in [7, 11) is 1.62. The number of hydrogen-bond acceptors (Lipinski definition) is 6. The monoisotopic (exact) mass is 354 g/mol. The van der Waals surface area contributed by atoms with Crippen molar-refractivity contribution >= 4 is 17.2 Å². The summed E-state index contributed by atoms with van der Waals surface area (Å²) in [6.07, 6.45) is 3.99. The minimum absolute atomic E-state index is 0.151. The van der Waals surface area contributed by atoms with E-state index in [4.69, 9.17) is 4.74 Å². The van der Waals surface area contributed by atoms with Crippen LogP contribution in [0.2, 0.25) is 0 Å². The third kappa shape index (κ3) is 3.83. The summed E-state index contributed by atoms with van der Waals surface area (Å²) in [5, 5.41) is 3.59. The summed E-state index contributed by atoms with van der Waals surface area (Å²) < 4.78 is 5.31. The fourth-order valence-electron chi connectivity index (χ4n) is 2.38. The van der Waals surface area contributed by atoms with Gasteiger partial charge in [-0.2, -0.15) is 0 Å². The molecule has 0 fully saturated rings. The van der Waals surface area contributed by atoms with E-state index in [1.807, 2.05) is 31.2 Å². The number of rotatable bonds is 6. The summed E-state index contributed by atoms with van der Waals surface area (Å²) in [5.74, 6) is 1.13. The van der Waals surface area contributed by atoms with Crippen molar-refractivity contribution in [1.29, 1.82) is 0 Å². The highest BCUT2D eigenvalue weighted by atomic mass is 32.1. The predicted molar refractivity (Wildman–Crippen MR) is 96.7 cm³/mol. The van der Waals surface area contributed by atoms with E-state index in [0.29, 0.717) is 28.7 Å². The summed E-state index contributed by atoms with van der Waals surface area (Å²) in [6, 6.07) is 9.36. The van der Waals surface area contributed by atoms with Gasteiger partial charge in [0.25, 0.3) is 5.91 Å². The predicted octanol–water partition coefficient (Wildman–Crippen LogP) is 3.10. The Hall–Kier alpha value is -2.80. The number of aryl methyl sites for hydroxylation is 1. The quantitative estimate of drug-likeness (QED) is 0.736. The molecule has 0 spiro atoms. The van der Waals surface area contributed by atoms with E-state index in [1.54, 1.807) is 25.6 Å². The number of methoxy groups -OCH3 is 1. The number of carbonyl (C=O) groups excluding carboxylic acids is 1. The molecule has 3 aromatic rings. The Morgan fingerprint density at radius 1 is 1.20 bits per heavy atom. The molecule has 25 heavy (non-hydrogen) atoms. The smallest absolute Gasteiger partial charge is 0.263 e. The zero-order valence-electron chi connectivity index (χ0n) is 14.0. The average molecular weight is 354 g/mol. The molecule has 1 aromatic carbocycles. The van der Waals surface area contributed by atoms with Gasteiger partial charge in [0.05, 0.1) is 12.8 Å². The first-order valence-corrected chi connectivity index (χ1v) is 8.71. The van der Waals surface area contributed by atoms with Gasteiger partial charge in [-0.05, 0) is 18.6 Å². The molecule has 2 aromatic heterocycles. The molecule has 2 heterocycles. The minimum Gasteiger partial charge on any atom is -0.496 e. The second-order valence-electron chi connectivity index (χ2n) is 5.22. The van der Waals surface area contributed by atoms with Crippen LogP contribution in [-0.2, 0) is 13.0 Å². The van der Waals surface area contributed by atoms with Gasteiger partial charge in [-0.1, -0.05) is 25.1 Å². The van der Waals surface area contributed by atoms with E-state index in [2.05, 4.69) is 20.3 Å². The Morgan fingerprint density at radius 3 is 2.68 bits per heavy atom. The van der Waals surface area contributed by atoms with Crippen molar-refractivity contribution in [3.8, 4) is 16.6 Å². The van der Waals surface area contributed by atoms with E-state index in [0.717, 1.165) is 17.0 Å². The highest BCUT2D eigenvalue weighted by Crippen LogP contribution is 2.26. The van der Waals surface area contributed by atoms with Gasteiger partial charge in [-0.3, -0.25) is 4.79 Å². The zero-order chi connectivity index (χ0) is 17.6. The normalized spacial score (nSPS) is 10.5. The van der Waals surface area contributed by atoms with Crippen molar-refractivity contribution in [1.82, 2.24) is 20.3 Å². The lowest BCUT2D eigenvalue weighted by molar-refractivity contribution is 0.0953. The molecule has 0 atom stereocenters. The number of benzene rings is 1. The Morgan fingerprint density at radius 2 is 1.96 bits per heavy atom. The second kappa shape index (κ2) is 7.85. The van der Waals surface area contributed by atoms with Crippen molar-refractivity contribution in [3.63, 3.8) is 0 Å². The summed E-state index contributed by atoms with van der Waals surface area (Å²) in [5.41, 5.74) is 1.68. The van der Waals surface area contributed by atoms with Gasteiger partial charge in [0.1, 0.15) is 10.6 Å². The third-order valence-electron chi connectivity index (χ3n) is 3.63. The van der Waals surface area contributed by atoms with Crippen LogP contribution in [0.4, 0.5) is 0 Å². The molecule has 0 saturated heterocycles. The molecule has 0 radical (unpaired) electrons. The molecule has 7 heteroatoms. The Bertz CT molecular complexity index is 865. The summed E-state index contributed by atoms with van der Waals surface area (Å²) >= 11 is 1.31. The number of carbonyl (C=O) groups is 1. The van der Waals surface area contributed by atoms with Crippen LogP contribution in [0.5, 0.6) is 5.75 Å². The van der Waals surface area contributed by atoms with E-state index < -0.39 is 0 Å². The lowest BCUT2D eigenvalue weighted by Gasteiger charge is -2.09. The van der Waals surface area contributed by atoms with Crippen LogP contribution < -0.4 is 10.1 Å². The third-order valence-corrected chi connectivity index (χ3v) is 4.72. The number of thiazole rings is 1. The lowest BCUT2D eigenvalue weighted by atomic mass is 10.2. The van der Waals surface area contributed by atoms with Crippen molar-refractivity contribution in [2.45, 2.75) is 19.9 Å². The van der Waals surface area contributed by atoms with Crippen molar-refractivity contribution in [2.24, 2.45) is 0 Å². The van der Waals surface area contributed by atoms with Crippen molar-refractivity contribution < 1.29 is 9.53 Å². The van der Waals surface area contributed by atoms with Gasteiger partial charge < -0.3 is 10.1 Å². The molecule has 128 valence electrons. The van der Waals surface area contributed by atoms with Crippen LogP contribution in [0.1, 0.15) is 27.9 Å². The fraction of sp³-hybridized carbons (Fsp3) is 0.222. The molecule has 0 bridgehead atoms. The molecule has 3 rings (SSSR count). The van der Waals surface area contributed by atoms with Crippen LogP contribution in [0.25, 0.3) is 10.8 Å². The largest absolute Gasteiger partial charge is 0.496 e. The molecule has 0 saturated carbocycles. The molecule has 1 N–H and O–H groups in total. The van der Waals surface area contributed by atoms with E-state index in [-0.39, 0.29) is 5.91 Å². The first-order valence-electron chi connectivity index (χ1n) is 7.90. The highest BCUT2D eigenvalue weighted by molar-refractivity contribution is 7.17. The Kier molecular flexibility index (Phi) is 5.35. The molecular weight excluding hydrogens is 336 g/mol. The van der Waals surface area contributed by atoms with Gasteiger partial charge in [0.15, 0.2) is 10.8 Å². The SMILES string of the molecule is CCc1nc(-c2ncccn2)sc1C(=O)NCc1ccccc1OC. The molecule has 0 aliphatic heterocycles. The molecule has 0 aliphatic rings. The van der Waals surface area contributed by atoms with E-state index >= 15 is 0 Å². The topological polar surface area (TPSA) is 77.0 Å². The number of nitrogens with one attached hydrogen (secondary N) is 1. The zero-order valence-corrected chi connectivity index (χ0v) is 14.8. The summed E-state index contributed by atoms with van der Waals surface area (Å²) in [4.78, 5) is 26.1. The summed E-state index contributed by atoms with van der Waals surface area (Å²) in [6.45, 7) is 2.36. The van der Waals surface area contributed by atoms with Crippen LogP contribution in [0, 0.1) is 0 Å². The molecular formula is C18H18N4O2S. The molecule has 1 amide bonds. The minimum atomic E-state index is -0.151. The number of amides is 1. The number of para-hydroxylation sites is 1. The van der Waals surface area contributed by atoms with Gasteiger partial charge in [0.2, 0.25) is 0 Å². The molecule has 0 aliphatic carbocycles. The van der Waals surface area contributed by atoms with Gasteiger partial charge in [0, 0.05) is 24.5 Å². The number of hydrogen-bond donors (Lipinski definition) is 1. The second-order valence-corrected chi connectivity index (χ2v) is 6.21. The Labute approximate surface area is 149 Å². The van der Waals surface area contributed by atoms with Crippen LogP contribution >= 0.6 is 11.3 Å². The van der Waals surface area contributed by atoms with Crippen molar-refractivity contribution in [3.05, 3.63) is 58.9 Å². The fourth-order valence-corrected chi connectivity index (χ4v) is 3.40. The lowest BCUT2D eigenvalue weighted by Crippen LogP contribution is -2.23. The van der Waals surface area contributed by atoms with E-state index in [9.17, 15) is 4.79 Å². The van der Waals surface area contributed by atoms with Crippen LogP contribution in [0.3, 0.4) is 0 Å². The molecule has 0 unspecified atom stereocenters. The number of aromatic nitrogens is 3. The van der Waals surface area contributed by atoms with Gasteiger partial charge in [-0.15, -0.1) is 11.3 Å². The van der Waals surface area contributed by atoms with Gasteiger partial charge >= 0.3 is 0 Å². The number of nitrogens with zero attached hydrogens (tertiary/aromatic N) is 3. The van der Waals surface area contributed by atoms with Crippen molar-refractivity contribution in [2.75, 3.05) is 7.11 Å². The van der Waals surface area contributed by atoms with Gasteiger partial charge in [-0.25, -0.2) is 15.0 Å². The first kappa shape index (κ1) is 17.0. The highest BCUT2D eigenvalue weighted by Gasteiger charge is 2.19. The van der Waals surface area contributed by atoms with Crippen LogP contribution in [0.15, 0.2) is 42.7 Å². The van der Waals surface area contributed by atoms with E-state index in [1.165, 1.54) is 11.3 Å². The maximum atomic E-state index is 12.6. The molecule has 6 nitrogen and oxygen atoms in total.